The van der Waals surface area contributed by atoms with Gasteiger partial charge in [-0.3, -0.25) is 14.6 Å². The van der Waals surface area contributed by atoms with Crippen molar-refractivity contribution in [3.05, 3.63) is 71.6 Å². The Morgan fingerprint density at radius 2 is 1.88 bits per heavy atom. The molecule has 1 amide bonds. The van der Waals surface area contributed by atoms with Gasteiger partial charge in [-0.15, -0.1) is 12.4 Å². The van der Waals surface area contributed by atoms with Crippen LogP contribution in [0.2, 0.25) is 0 Å². The number of aliphatic carboxylic acids is 1. The van der Waals surface area contributed by atoms with E-state index in [0.717, 1.165) is 16.7 Å². The lowest BCUT2D eigenvalue weighted by Crippen LogP contribution is -2.20. The molecule has 0 aliphatic rings. The molecule has 126 valence electrons. The number of aromatic nitrogens is 1. The van der Waals surface area contributed by atoms with Crippen LogP contribution in [0.4, 0.5) is 0 Å². The highest BCUT2D eigenvalue weighted by Gasteiger charge is 1.99. The summed E-state index contributed by atoms with van der Waals surface area (Å²) in [5.41, 5.74) is 2.79. The van der Waals surface area contributed by atoms with Crippen molar-refractivity contribution >= 4 is 30.4 Å². The van der Waals surface area contributed by atoms with Crippen molar-refractivity contribution in [2.45, 2.75) is 19.4 Å². The number of carboxylic acid groups (broad SMARTS) is 1. The van der Waals surface area contributed by atoms with Gasteiger partial charge in [-0.1, -0.05) is 30.3 Å². The number of nitrogens with one attached hydrogen (secondary N) is 1. The molecule has 2 N–H and O–H groups in total. The summed E-state index contributed by atoms with van der Waals surface area (Å²) in [5.74, 6) is -0.983. The molecule has 2 rings (SSSR count). The number of rotatable bonds is 7. The van der Waals surface area contributed by atoms with E-state index in [0.29, 0.717) is 13.0 Å². The topological polar surface area (TPSA) is 79.3 Å². The van der Waals surface area contributed by atoms with Crippen LogP contribution in [0.25, 0.3) is 6.08 Å². The molecule has 0 saturated heterocycles. The molecule has 0 unspecified atom stereocenters. The zero-order valence-corrected chi connectivity index (χ0v) is 13.8. The Bertz CT molecular complexity index is 685. The third kappa shape index (κ3) is 7.07. The molecular formula is C18H19ClN2O3. The number of amides is 1. The van der Waals surface area contributed by atoms with Gasteiger partial charge < -0.3 is 10.4 Å². The molecule has 1 aromatic carbocycles. The Morgan fingerprint density at radius 3 is 2.50 bits per heavy atom. The zero-order chi connectivity index (χ0) is 16.5. The van der Waals surface area contributed by atoms with Crippen LogP contribution in [-0.2, 0) is 22.6 Å². The Labute approximate surface area is 146 Å². The molecule has 0 bridgehead atoms. The van der Waals surface area contributed by atoms with Gasteiger partial charge in [-0.2, -0.15) is 0 Å². The SMILES string of the molecule is Cl.O=C(O)CCc1ccc(C=CC(=O)NCc2cccnc2)cc1. The number of hydrogen-bond acceptors (Lipinski definition) is 3. The van der Waals surface area contributed by atoms with Crippen molar-refractivity contribution in [3.63, 3.8) is 0 Å². The van der Waals surface area contributed by atoms with E-state index in [9.17, 15) is 9.59 Å². The number of carbonyl (C=O) groups is 2. The van der Waals surface area contributed by atoms with Crippen molar-refractivity contribution in [2.24, 2.45) is 0 Å². The van der Waals surface area contributed by atoms with Crippen molar-refractivity contribution in [2.75, 3.05) is 0 Å². The fourth-order valence-corrected chi connectivity index (χ4v) is 1.97. The second-order valence-corrected chi connectivity index (χ2v) is 5.05. The van der Waals surface area contributed by atoms with Gasteiger partial charge in [0.1, 0.15) is 0 Å². The van der Waals surface area contributed by atoms with Gasteiger partial charge in [0, 0.05) is 31.4 Å². The monoisotopic (exact) mass is 346 g/mol. The molecule has 0 saturated carbocycles. The maximum absolute atomic E-state index is 11.8. The fraction of sp³-hybridized carbons (Fsp3) is 0.167. The van der Waals surface area contributed by atoms with Crippen LogP contribution in [0.15, 0.2) is 54.9 Å². The van der Waals surface area contributed by atoms with E-state index in [1.165, 1.54) is 6.08 Å². The summed E-state index contributed by atoms with van der Waals surface area (Å²) in [4.78, 5) is 26.3. The number of nitrogens with zero attached hydrogens (tertiary/aromatic N) is 1. The van der Waals surface area contributed by atoms with Crippen LogP contribution in [0.1, 0.15) is 23.1 Å². The largest absolute Gasteiger partial charge is 0.481 e. The molecule has 0 spiro atoms. The lowest BCUT2D eigenvalue weighted by molar-refractivity contribution is -0.137. The van der Waals surface area contributed by atoms with E-state index in [1.54, 1.807) is 18.5 Å². The van der Waals surface area contributed by atoms with Crippen molar-refractivity contribution in [3.8, 4) is 0 Å². The average molecular weight is 347 g/mol. The summed E-state index contributed by atoms with van der Waals surface area (Å²) in [7, 11) is 0. The van der Waals surface area contributed by atoms with Gasteiger partial charge >= 0.3 is 5.97 Å². The van der Waals surface area contributed by atoms with Gasteiger partial charge in [-0.25, -0.2) is 0 Å². The molecule has 1 aromatic heterocycles. The summed E-state index contributed by atoms with van der Waals surface area (Å²) in [6.45, 7) is 0.436. The van der Waals surface area contributed by atoms with Gasteiger partial charge in [-0.05, 0) is 35.3 Å². The number of hydrogen-bond donors (Lipinski definition) is 2. The highest BCUT2D eigenvalue weighted by atomic mass is 35.5. The summed E-state index contributed by atoms with van der Waals surface area (Å²) >= 11 is 0. The normalized spacial score (nSPS) is 10.2. The molecule has 0 atom stereocenters. The molecule has 2 aromatic rings. The molecule has 24 heavy (non-hydrogen) atoms. The lowest BCUT2D eigenvalue weighted by Gasteiger charge is -2.02. The number of benzene rings is 1. The molecule has 0 fully saturated rings. The molecule has 5 nitrogen and oxygen atoms in total. The van der Waals surface area contributed by atoms with Gasteiger partial charge in [0.15, 0.2) is 0 Å². The summed E-state index contributed by atoms with van der Waals surface area (Å²) in [6, 6.07) is 11.2. The standard InChI is InChI=1S/C18H18N2O3.ClH/c21-17(20-13-16-2-1-11-19-12-16)9-7-14-3-5-15(6-4-14)8-10-18(22)23;/h1-7,9,11-12H,8,10,13H2,(H,20,21)(H,22,23);1H. The predicted molar refractivity (Wildman–Crippen MR) is 94.8 cm³/mol. The minimum absolute atomic E-state index is 0. The first-order valence-corrected chi connectivity index (χ1v) is 7.29. The first-order valence-electron chi connectivity index (χ1n) is 7.29. The van der Waals surface area contributed by atoms with Crippen LogP contribution in [-0.4, -0.2) is 22.0 Å². The van der Waals surface area contributed by atoms with Crippen molar-refractivity contribution in [1.82, 2.24) is 10.3 Å². The van der Waals surface area contributed by atoms with E-state index >= 15 is 0 Å². The van der Waals surface area contributed by atoms with E-state index < -0.39 is 5.97 Å². The number of halogens is 1. The Hall–Kier alpha value is -2.66. The fourth-order valence-electron chi connectivity index (χ4n) is 1.97. The van der Waals surface area contributed by atoms with E-state index in [2.05, 4.69) is 10.3 Å². The number of carboxylic acids is 1. The second-order valence-electron chi connectivity index (χ2n) is 5.05. The maximum atomic E-state index is 11.8. The smallest absolute Gasteiger partial charge is 0.303 e. The van der Waals surface area contributed by atoms with E-state index in [-0.39, 0.29) is 24.7 Å². The molecule has 6 heteroatoms. The first-order chi connectivity index (χ1) is 11.1. The van der Waals surface area contributed by atoms with Crippen LogP contribution >= 0.6 is 12.4 Å². The van der Waals surface area contributed by atoms with Crippen molar-refractivity contribution < 1.29 is 14.7 Å². The number of carbonyl (C=O) groups excluding carboxylic acids is 1. The number of aryl methyl sites for hydroxylation is 1. The zero-order valence-electron chi connectivity index (χ0n) is 13.0. The summed E-state index contributed by atoms with van der Waals surface area (Å²) in [6.07, 6.45) is 7.21. The third-order valence-electron chi connectivity index (χ3n) is 3.22. The van der Waals surface area contributed by atoms with E-state index in [1.807, 2.05) is 36.4 Å². The summed E-state index contributed by atoms with van der Waals surface area (Å²) < 4.78 is 0. The highest BCUT2D eigenvalue weighted by molar-refractivity contribution is 5.91. The molecule has 0 aliphatic carbocycles. The summed E-state index contributed by atoms with van der Waals surface area (Å²) in [5, 5.41) is 11.4. The minimum atomic E-state index is -0.806. The maximum Gasteiger partial charge on any atom is 0.303 e. The van der Waals surface area contributed by atoms with Gasteiger partial charge in [0.25, 0.3) is 0 Å². The molecular weight excluding hydrogens is 328 g/mol. The highest BCUT2D eigenvalue weighted by Crippen LogP contribution is 2.08. The minimum Gasteiger partial charge on any atom is -0.481 e. The predicted octanol–water partition coefficient (Wildman–Crippen LogP) is 2.85. The van der Waals surface area contributed by atoms with Crippen molar-refractivity contribution in [1.29, 1.82) is 0 Å². The van der Waals surface area contributed by atoms with Crippen LogP contribution < -0.4 is 5.32 Å². The lowest BCUT2D eigenvalue weighted by atomic mass is 10.1. The van der Waals surface area contributed by atoms with Crippen LogP contribution in [0, 0.1) is 0 Å². The van der Waals surface area contributed by atoms with Crippen LogP contribution in [0.3, 0.4) is 0 Å². The Morgan fingerprint density at radius 1 is 1.12 bits per heavy atom. The Kier molecular flexibility index (Phi) is 8.22. The quantitative estimate of drug-likeness (QED) is 0.755. The van der Waals surface area contributed by atoms with Gasteiger partial charge in [0.05, 0.1) is 0 Å². The molecule has 1 heterocycles. The van der Waals surface area contributed by atoms with E-state index in [4.69, 9.17) is 5.11 Å². The molecule has 0 aliphatic heterocycles. The third-order valence-corrected chi connectivity index (χ3v) is 3.22. The average Bonchev–Trinajstić information content (AvgIpc) is 2.58. The van der Waals surface area contributed by atoms with Gasteiger partial charge in [0.2, 0.25) is 5.91 Å². The molecule has 0 radical (unpaired) electrons. The number of pyridine rings is 1. The van der Waals surface area contributed by atoms with Crippen LogP contribution in [0.5, 0.6) is 0 Å². The Balaban J connectivity index is 0.00000288. The second kappa shape index (κ2) is 10.2. The first kappa shape index (κ1) is 19.4.